The number of halogens is 2. The second-order valence-corrected chi connectivity index (χ2v) is 16.5. The molecule has 0 heterocycles. The van der Waals surface area contributed by atoms with Gasteiger partial charge in [-0.2, -0.15) is 0 Å². The minimum atomic E-state index is -2.15. The first kappa shape index (κ1) is 27.7. The van der Waals surface area contributed by atoms with Gasteiger partial charge in [0, 0.05) is 0 Å². The Balaban J connectivity index is 0.00000160. The molecule has 2 atom stereocenters. The molecule has 6 rings (SSSR count). The van der Waals surface area contributed by atoms with Crippen LogP contribution in [0.5, 0.6) is 0 Å². The Bertz CT molecular complexity index is 1400. The van der Waals surface area contributed by atoms with Gasteiger partial charge >= 0.3 is 218 Å². The van der Waals surface area contributed by atoms with Crippen LogP contribution < -0.4 is 24.8 Å². The van der Waals surface area contributed by atoms with Crippen molar-refractivity contribution < 1.29 is 46.1 Å². The fourth-order valence-electron chi connectivity index (χ4n) is 6.23. The molecular formula is C34H30Cl2Zr. The Morgan fingerprint density at radius 2 is 0.946 bits per heavy atom. The monoisotopic (exact) mass is 598 g/mol. The van der Waals surface area contributed by atoms with Crippen molar-refractivity contribution in [2.45, 2.75) is 28.0 Å². The Kier molecular flexibility index (Phi) is 8.70. The van der Waals surface area contributed by atoms with Crippen LogP contribution in [0.1, 0.15) is 50.3 Å². The Hall–Kier alpha value is -2.31. The second-order valence-electron chi connectivity index (χ2n) is 9.78. The maximum Gasteiger partial charge on any atom is -1.00 e. The summed E-state index contributed by atoms with van der Waals surface area (Å²) in [6, 6.07) is 35.7. The fraction of sp³-hybridized carbons (Fsp3) is 0.147. The molecule has 2 unspecified atom stereocenters. The zero-order valence-electron chi connectivity index (χ0n) is 21.4. The first-order valence-electron chi connectivity index (χ1n) is 12.6. The molecule has 0 nitrogen and oxygen atoms in total. The van der Waals surface area contributed by atoms with E-state index in [9.17, 15) is 0 Å². The largest absolute Gasteiger partial charge is 1.00 e. The van der Waals surface area contributed by atoms with Gasteiger partial charge in [-0.3, -0.25) is 0 Å². The topological polar surface area (TPSA) is 0 Å². The van der Waals surface area contributed by atoms with E-state index >= 15 is 0 Å². The molecule has 0 aromatic heterocycles. The third-order valence-corrected chi connectivity index (χ3v) is 16.4. The van der Waals surface area contributed by atoms with Gasteiger partial charge in [0.25, 0.3) is 0 Å². The summed E-state index contributed by atoms with van der Waals surface area (Å²) in [5.74, 6) is 0. The second kappa shape index (κ2) is 11.6. The molecule has 0 saturated heterocycles. The minimum Gasteiger partial charge on any atom is -1.00 e. The van der Waals surface area contributed by atoms with Crippen LogP contribution in [0.3, 0.4) is 0 Å². The molecule has 37 heavy (non-hydrogen) atoms. The summed E-state index contributed by atoms with van der Waals surface area (Å²) >= 11 is -2.15. The van der Waals surface area contributed by atoms with Crippen LogP contribution in [-0.4, -0.2) is 3.71 Å². The van der Waals surface area contributed by atoms with Crippen LogP contribution in [0.25, 0.3) is 34.4 Å². The van der Waals surface area contributed by atoms with Gasteiger partial charge < -0.3 is 24.8 Å². The molecule has 184 valence electrons. The zero-order chi connectivity index (χ0) is 23.9. The molecule has 0 spiro atoms. The average Bonchev–Trinajstić information content (AvgIpc) is 3.42. The molecular weight excluding hydrogens is 571 g/mol. The molecule has 0 fully saturated rings. The number of hydrogen-bond donors (Lipinski definition) is 0. The molecule has 2 aliphatic rings. The summed E-state index contributed by atoms with van der Waals surface area (Å²) in [5.41, 5.74) is 14.5. The van der Waals surface area contributed by atoms with Gasteiger partial charge in [-0.15, -0.1) is 0 Å². The number of hydrogen-bond acceptors (Lipinski definition) is 0. The van der Waals surface area contributed by atoms with Crippen molar-refractivity contribution in [3.8, 4) is 22.3 Å². The summed E-state index contributed by atoms with van der Waals surface area (Å²) in [6.45, 7) is 7.09. The standard InChI is InChI=1S/2C16H13.C2H4.2ClH.Zr/c2*1-12-10-14-8-5-9-15(16(14)11-12)13-6-3-2-4-7-13;1-2;;;/h2*2-11H,1H3;1H,2H3;2*1H;/q;;;;;+2/p-2. The molecule has 4 aromatic rings. The summed E-state index contributed by atoms with van der Waals surface area (Å²) in [7, 11) is 0. The SMILES string of the molecule is C[CH]=[Zr+2]([CH]1C(C)=Cc2c(-c3ccccc3)cccc21)[CH]1C(C)=Cc2c(-c3ccccc3)cccc21.[Cl-].[Cl-]. The van der Waals surface area contributed by atoms with E-state index in [0.717, 1.165) is 0 Å². The minimum absolute atomic E-state index is 0. The van der Waals surface area contributed by atoms with E-state index in [2.05, 4.69) is 134 Å². The summed E-state index contributed by atoms with van der Waals surface area (Å²) in [6.07, 6.45) is 4.98. The number of allylic oxidation sites excluding steroid dienone is 2. The van der Waals surface area contributed by atoms with E-state index in [1.54, 1.807) is 22.3 Å². The summed E-state index contributed by atoms with van der Waals surface area (Å²) in [4.78, 5) is 0. The van der Waals surface area contributed by atoms with E-state index in [-0.39, 0.29) is 24.8 Å². The van der Waals surface area contributed by atoms with Crippen LogP contribution in [0.4, 0.5) is 0 Å². The molecule has 0 aliphatic heterocycles. The van der Waals surface area contributed by atoms with Gasteiger partial charge in [0.15, 0.2) is 0 Å². The number of rotatable bonds is 4. The van der Waals surface area contributed by atoms with Crippen LogP contribution >= 0.6 is 0 Å². The maximum atomic E-state index is 2.65. The van der Waals surface area contributed by atoms with Crippen molar-refractivity contribution in [1.82, 2.24) is 0 Å². The molecule has 2 aliphatic carbocycles. The summed E-state index contributed by atoms with van der Waals surface area (Å²) < 4.78 is 3.82. The van der Waals surface area contributed by atoms with Crippen LogP contribution in [0.15, 0.2) is 108 Å². The van der Waals surface area contributed by atoms with Crippen molar-refractivity contribution in [2.24, 2.45) is 0 Å². The Morgan fingerprint density at radius 1 is 0.541 bits per heavy atom. The fourth-order valence-corrected chi connectivity index (χ4v) is 14.7. The molecule has 0 radical (unpaired) electrons. The third kappa shape index (κ3) is 4.83. The molecule has 0 bridgehead atoms. The van der Waals surface area contributed by atoms with Gasteiger partial charge in [0.2, 0.25) is 0 Å². The number of fused-ring (bicyclic) bond motifs is 2. The van der Waals surface area contributed by atoms with Crippen LogP contribution in [0.2, 0.25) is 0 Å². The first-order valence-corrected chi connectivity index (χ1v) is 16.8. The zero-order valence-corrected chi connectivity index (χ0v) is 25.4. The molecule has 0 N–H and O–H groups in total. The Labute approximate surface area is 241 Å². The maximum absolute atomic E-state index is 2.65. The molecule has 3 heteroatoms. The normalized spacial score (nSPS) is 16.7. The van der Waals surface area contributed by atoms with Gasteiger partial charge in [0.05, 0.1) is 0 Å². The first-order chi connectivity index (χ1) is 17.2. The van der Waals surface area contributed by atoms with Crippen molar-refractivity contribution in [1.29, 1.82) is 0 Å². The van der Waals surface area contributed by atoms with Crippen LogP contribution in [0, 0.1) is 0 Å². The van der Waals surface area contributed by atoms with E-state index in [1.165, 1.54) is 33.4 Å². The van der Waals surface area contributed by atoms with Crippen LogP contribution in [-0.2, 0) is 21.3 Å². The van der Waals surface area contributed by atoms with E-state index < -0.39 is 21.3 Å². The quantitative estimate of drug-likeness (QED) is 0.338. The van der Waals surface area contributed by atoms with Gasteiger partial charge in [0.1, 0.15) is 0 Å². The Morgan fingerprint density at radius 3 is 1.32 bits per heavy atom. The van der Waals surface area contributed by atoms with E-state index in [0.29, 0.717) is 7.25 Å². The van der Waals surface area contributed by atoms with E-state index in [4.69, 9.17) is 0 Å². The number of benzene rings is 4. The predicted octanol–water partition coefficient (Wildman–Crippen LogP) is 3.09. The van der Waals surface area contributed by atoms with Crippen molar-refractivity contribution >= 4 is 15.9 Å². The third-order valence-electron chi connectivity index (χ3n) is 7.73. The molecule has 4 aromatic carbocycles. The smallest absolute Gasteiger partial charge is 1.00 e. The van der Waals surface area contributed by atoms with Gasteiger partial charge in [-0.25, -0.2) is 0 Å². The summed E-state index contributed by atoms with van der Waals surface area (Å²) in [5, 5.41) is 0. The predicted molar refractivity (Wildman–Crippen MR) is 148 cm³/mol. The van der Waals surface area contributed by atoms with Crippen molar-refractivity contribution in [2.75, 3.05) is 0 Å². The van der Waals surface area contributed by atoms with Gasteiger partial charge in [-0.1, -0.05) is 0 Å². The van der Waals surface area contributed by atoms with E-state index in [1.807, 2.05) is 0 Å². The molecule has 0 amide bonds. The molecule has 0 saturated carbocycles. The average molecular weight is 601 g/mol. The van der Waals surface area contributed by atoms with Gasteiger partial charge in [-0.05, 0) is 0 Å². The van der Waals surface area contributed by atoms with Crippen molar-refractivity contribution in [3.05, 3.63) is 130 Å². The van der Waals surface area contributed by atoms with Crippen molar-refractivity contribution in [3.63, 3.8) is 0 Å².